The second-order valence-electron chi connectivity index (χ2n) is 5.14. The fourth-order valence-electron chi connectivity index (χ4n) is 2.04. The van der Waals surface area contributed by atoms with Crippen molar-refractivity contribution < 1.29 is 19.8 Å². The monoisotopic (exact) mass is 319 g/mol. The summed E-state index contributed by atoms with van der Waals surface area (Å²) in [4.78, 5) is 25.3. The summed E-state index contributed by atoms with van der Waals surface area (Å²) in [6.07, 6.45) is 0.652. The summed E-state index contributed by atoms with van der Waals surface area (Å²) in [5, 5.41) is 19.6. The van der Waals surface area contributed by atoms with Crippen molar-refractivity contribution >= 4 is 23.2 Å². The first-order valence-corrected chi connectivity index (χ1v) is 7.63. The van der Waals surface area contributed by atoms with Crippen molar-refractivity contribution in [3.63, 3.8) is 0 Å². The van der Waals surface area contributed by atoms with Crippen LogP contribution in [0.25, 0.3) is 0 Å². The van der Waals surface area contributed by atoms with Crippen LogP contribution in [0.1, 0.15) is 32.5 Å². The third kappa shape index (κ3) is 3.65. The molecule has 2 rings (SSSR count). The van der Waals surface area contributed by atoms with Crippen molar-refractivity contribution in [3.8, 4) is 5.75 Å². The number of carbonyl (C=O) groups is 2. The van der Waals surface area contributed by atoms with Crippen molar-refractivity contribution in [2.45, 2.75) is 19.4 Å². The Morgan fingerprint density at radius 1 is 1.27 bits per heavy atom. The minimum absolute atomic E-state index is 0.0487. The molecule has 2 aromatic rings. The highest BCUT2D eigenvalue weighted by Gasteiger charge is 2.20. The molecule has 6 heteroatoms. The Morgan fingerprint density at radius 2 is 1.91 bits per heavy atom. The molecule has 1 aromatic heterocycles. The zero-order chi connectivity index (χ0) is 16.3. The molecule has 0 fully saturated rings. The Hall–Kier alpha value is -2.34. The Morgan fingerprint density at radius 3 is 2.45 bits per heavy atom. The topological polar surface area (TPSA) is 77.8 Å². The van der Waals surface area contributed by atoms with E-state index in [1.54, 1.807) is 24.1 Å². The van der Waals surface area contributed by atoms with Crippen LogP contribution in [0.2, 0.25) is 0 Å². The largest absolute Gasteiger partial charge is 0.508 e. The first kappa shape index (κ1) is 16.0. The molecule has 0 radical (unpaired) electrons. The van der Waals surface area contributed by atoms with Crippen LogP contribution in [0.3, 0.4) is 0 Å². The van der Waals surface area contributed by atoms with Crippen LogP contribution in [0.4, 0.5) is 0 Å². The first-order valence-electron chi connectivity index (χ1n) is 6.75. The number of rotatable bonds is 5. The minimum atomic E-state index is -1.03. The number of carboxylic acid groups (broad SMARTS) is 1. The highest BCUT2D eigenvalue weighted by molar-refractivity contribution is 7.12. The van der Waals surface area contributed by atoms with Gasteiger partial charge in [0.15, 0.2) is 0 Å². The van der Waals surface area contributed by atoms with E-state index in [-0.39, 0.29) is 23.3 Å². The number of carboxylic acids is 1. The summed E-state index contributed by atoms with van der Waals surface area (Å²) in [5.41, 5.74) is 1.15. The van der Waals surface area contributed by atoms with E-state index >= 15 is 0 Å². The number of hydrogen-bond donors (Lipinski definition) is 2. The molecular formula is C16H17NO4S. The smallest absolute Gasteiger partial charge is 0.336 e. The molecule has 1 unspecified atom stereocenters. The molecule has 116 valence electrons. The zero-order valence-electron chi connectivity index (χ0n) is 12.3. The average Bonchev–Trinajstić information content (AvgIpc) is 2.98. The maximum Gasteiger partial charge on any atom is 0.336 e. The van der Waals surface area contributed by atoms with E-state index < -0.39 is 5.97 Å². The van der Waals surface area contributed by atoms with Gasteiger partial charge in [-0.15, -0.1) is 11.3 Å². The van der Waals surface area contributed by atoms with E-state index in [1.165, 1.54) is 11.4 Å². The molecule has 2 N–H and O–H groups in total. The van der Waals surface area contributed by atoms with E-state index in [1.807, 2.05) is 19.1 Å². The molecule has 1 atom stereocenters. The molecule has 0 aliphatic carbocycles. The highest BCUT2D eigenvalue weighted by Crippen LogP contribution is 2.19. The summed E-state index contributed by atoms with van der Waals surface area (Å²) in [6.45, 7) is 1.93. The molecule has 0 saturated carbocycles. The fourth-order valence-corrected chi connectivity index (χ4v) is 2.91. The van der Waals surface area contributed by atoms with Crippen LogP contribution in [-0.2, 0) is 6.42 Å². The SMILES string of the molecule is CC(Cc1ccc(O)cc1)N(C)C(=O)c1cc(C(=O)O)cs1. The normalized spacial score (nSPS) is 11.9. The van der Waals surface area contributed by atoms with Crippen molar-refractivity contribution in [2.24, 2.45) is 0 Å². The predicted octanol–water partition coefficient (Wildman–Crippen LogP) is 2.86. The number of aromatic carboxylic acids is 1. The van der Waals surface area contributed by atoms with Gasteiger partial charge in [0, 0.05) is 18.5 Å². The second-order valence-corrected chi connectivity index (χ2v) is 6.05. The van der Waals surface area contributed by atoms with Gasteiger partial charge in [0.2, 0.25) is 0 Å². The molecule has 22 heavy (non-hydrogen) atoms. The number of likely N-dealkylation sites (N-methyl/N-ethyl adjacent to an activating group) is 1. The van der Waals surface area contributed by atoms with Crippen LogP contribution >= 0.6 is 11.3 Å². The quantitative estimate of drug-likeness (QED) is 0.888. The van der Waals surface area contributed by atoms with Crippen LogP contribution in [0.5, 0.6) is 5.75 Å². The maximum atomic E-state index is 12.4. The summed E-state index contributed by atoms with van der Waals surface area (Å²) in [6, 6.07) is 8.21. The van der Waals surface area contributed by atoms with Gasteiger partial charge in [0.05, 0.1) is 10.4 Å². The molecule has 1 aromatic carbocycles. The summed E-state index contributed by atoms with van der Waals surface area (Å²) < 4.78 is 0. The number of amides is 1. The van der Waals surface area contributed by atoms with E-state index in [0.717, 1.165) is 16.9 Å². The zero-order valence-corrected chi connectivity index (χ0v) is 13.1. The number of aromatic hydroxyl groups is 1. The number of phenols is 1. The molecule has 5 nitrogen and oxygen atoms in total. The highest BCUT2D eigenvalue weighted by atomic mass is 32.1. The van der Waals surface area contributed by atoms with E-state index in [4.69, 9.17) is 5.11 Å². The Bertz CT molecular complexity index is 678. The maximum absolute atomic E-state index is 12.4. The average molecular weight is 319 g/mol. The van der Waals surface area contributed by atoms with Gasteiger partial charge in [-0.1, -0.05) is 12.1 Å². The van der Waals surface area contributed by atoms with Gasteiger partial charge in [0.1, 0.15) is 5.75 Å². The lowest BCUT2D eigenvalue weighted by atomic mass is 10.1. The number of nitrogens with zero attached hydrogens (tertiary/aromatic N) is 1. The fraction of sp³-hybridized carbons (Fsp3) is 0.250. The van der Waals surface area contributed by atoms with Crippen molar-refractivity contribution in [1.29, 1.82) is 0 Å². The Balaban J connectivity index is 2.05. The van der Waals surface area contributed by atoms with Gasteiger partial charge >= 0.3 is 5.97 Å². The molecule has 0 spiro atoms. The van der Waals surface area contributed by atoms with Crippen molar-refractivity contribution in [1.82, 2.24) is 4.90 Å². The molecule has 1 heterocycles. The van der Waals surface area contributed by atoms with E-state index in [2.05, 4.69) is 0 Å². The molecular weight excluding hydrogens is 302 g/mol. The van der Waals surface area contributed by atoms with Crippen LogP contribution in [-0.4, -0.2) is 40.1 Å². The van der Waals surface area contributed by atoms with Gasteiger partial charge in [-0.25, -0.2) is 4.79 Å². The van der Waals surface area contributed by atoms with Gasteiger partial charge < -0.3 is 15.1 Å². The van der Waals surface area contributed by atoms with Gasteiger partial charge in [-0.3, -0.25) is 4.79 Å². The lowest BCUT2D eigenvalue weighted by molar-refractivity contribution is 0.0697. The molecule has 0 aliphatic heterocycles. The third-order valence-electron chi connectivity index (χ3n) is 3.51. The minimum Gasteiger partial charge on any atom is -0.508 e. The lowest BCUT2D eigenvalue weighted by Gasteiger charge is -2.24. The molecule has 0 aliphatic rings. The van der Waals surface area contributed by atoms with Crippen LogP contribution < -0.4 is 0 Å². The number of thiophene rings is 1. The summed E-state index contributed by atoms with van der Waals surface area (Å²) in [7, 11) is 1.70. The number of hydrogen-bond acceptors (Lipinski definition) is 4. The Labute approximate surface area is 132 Å². The van der Waals surface area contributed by atoms with Gasteiger partial charge in [-0.05, 0) is 37.1 Å². The van der Waals surface area contributed by atoms with Crippen LogP contribution in [0, 0.1) is 0 Å². The molecule has 1 amide bonds. The van der Waals surface area contributed by atoms with Gasteiger partial charge in [0.25, 0.3) is 5.91 Å². The Kier molecular flexibility index (Phi) is 4.82. The third-order valence-corrected chi connectivity index (χ3v) is 4.42. The summed E-state index contributed by atoms with van der Waals surface area (Å²) in [5.74, 6) is -1.01. The number of phenolic OH excluding ortho intramolecular Hbond substituents is 1. The number of benzene rings is 1. The predicted molar refractivity (Wildman–Crippen MR) is 84.6 cm³/mol. The second kappa shape index (κ2) is 6.62. The summed E-state index contributed by atoms with van der Waals surface area (Å²) >= 11 is 1.13. The van der Waals surface area contributed by atoms with E-state index in [0.29, 0.717) is 11.3 Å². The number of carbonyl (C=O) groups excluding carboxylic acids is 1. The first-order chi connectivity index (χ1) is 10.4. The lowest BCUT2D eigenvalue weighted by Crippen LogP contribution is -2.36. The van der Waals surface area contributed by atoms with Crippen molar-refractivity contribution in [3.05, 3.63) is 51.7 Å². The molecule has 0 saturated heterocycles. The van der Waals surface area contributed by atoms with E-state index in [9.17, 15) is 14.7 Å². The van der Waals surface area contributed by atoms with Crippen molar-refractivity contribution in [2.75, 3.05) is 7.05 Å². The van der Waals surface area contributed by atoms with Gasteiger partial charge in [-0.2, -0.15) is 0 Å². The van der Waals surface area contributed by atoms with Crippen LogP contribution in [0.15, 0.2) is 35.7 Å². The molecule has 0 bridgehead atoms. The standard InChI is InChI=1S/C16H17NO4S/c1-10(7-11-3-5-13(18)6-4-11)17(2)15(19)14-8-12(9-22-14)16(20)21/h3-6,8-10,18H,7H2,1-2H3,(H,20,21).